The molecule has 0 saturated carbocycles. The molecule has 1 aromatic carbocycles. The minimum absolute atomic E-state index is 0.293. The lowest BCUT2D eigenvalue weighted by Gasteiger charge is -2.18. The summed E-state index contributed by atoms with van der Waals surface area (Å²) in [6.07, 6.45) is 2.92. The Hall–Kier alpha value is -0.900. The summed E-state index contributed by atoms with van der Waals surface area (Å²) in [6, 6.07) is 8.74. The molecule has 1 aromatic heterocycles. The number of aryl methyl sites for hydroxylation is 1. The molecule has 0 aliphatic carbocycles. The van der Waals surface area contributed by atoms with Crippen LogP contribution in [-0.4, -0.2) is 11.0 Å². The maximum Gasteiger partial charge on any atom is 0.109 e. The smallest absolute Gasteiger partial charge is 0.109 e. The van der Waals surface area contributed by atoms with Gasteiger partial charge in [-0.2, -0.15) is 0 Å². The Bertz CT molecular complexity index is 521. The van der Waals surface area contributed by atoms with Crippen LogP contribution < -0.4 is 5.32 Å². The third-order valence-electron chi connectivity index (χ3n) is 3.00. The van der Waals surface area contributed by atoms with E-state index < -0.39 is 0 Å². The molecule has 2 aromatic rings. The van der Waals surface area contributed by atoms with Crippen LogP contribution in [0.4, 0.5) is 0 Å². The van der Waals surface area contributed by atoms with Gasteiger partial charge >= 0.3 is 0 Å². The Morgan fingerprint density at radius 3 is 2.53 bits per heavy atom. The fourth-order valence-corrected chi connectivity index (χ4v) is 3.01. The molecule has 0 radical (unpaired) electrons. The largest absolute Gasteiger partial charge is 0.305 e. The molecule has 0 bridgehead atoms. The zero-order valence-electron chi connectivity index (χ0n) is 11.5. The SMILES string of the molecule is Cc1cnc(C(C)NC(C)Cc2ccc(Cl)cc2)s1. The molecule has 2 atom stereocenters. The van der Waals surface area contributed by atoms with Crippen molar-refractivity contribution >= 4 is 22.9 Å². The van der Waals surface area contributed by atoms with E-state index in [0.717, 1.165) is 16.5 Å². The Balaban J connectivity index is 1.90. The second kappa shape index (κ2) is 6.51. The van der Waals surface area contributed by atoms with Crippen LogP contribution in [0.5, 0.6) is 0 Å². The van der Waals surface area contributed by atoms with Gasteiger partial charge in [0.25, 0.3) is 0 Å². The molecule has 102 valence electrons. The standard InChI is InChI=1S/C15H19ClN2S/c1-10(8-13-4-6-14(16)7-5-13)18-12(3)15-17-9-11(2)19-15/h4-7,9-10,12,18H,8H2,1-3H3. The van der Waals surface area contributed by atoms with Crippen molar-refractivity contribution in [3.63, 3.8) is 0 Å². The van der Waals surface area contributed by atoms with E-state index in [2.05, 4.69) is 43.2 Å². The number of nitrogens with zero attached hydrogens (tertiary/aromatic N) is 1. The van der Waals surface area contributed by atoms with Crippen molar-refractivity contribution in [2.24, 2.45) is 0 Å². The van der Waals surface area contributed by atoms with Crippen LogP contribution in [0.2, 0.25) is 5.02 Å². The summed E-state index contributed by atoms with van der Waals surface area (Å²) in [4.78, 5) is 5.68. The van der Waals surface area contributed by atoms with Crippen molar-refractivity contribution in [2.75, 3.05) is 0 Å². The van der Waals surface area contributed by atoms with Crippen molar-refractivity contribution in [2.45, 2.75) is 39.3 Å². The number of hydrogen-bond donors (Lipinski definition) is 1. The highest BCUT2D eigenvalue weighted by atomic mass is 35.5. The van der Waals surface area contributed by atoms with Gasteiger partial charge in [0.15, 0.2) is 0 Å². The fraction of sp³-hybridized carbons (Fsp3) is 0.400. The summed E-state index contributed by atoms with van der Waals surface area (Å²) >= 11 is 7.65. The average Bonchev–Trinajstić information content (AvgIpc) is 2.79. The topological polar surface area (TPSA) is 24.9 Å². The molecule has 4 heteroatoms. The monoisotopic (exact) mass is 294 g/mol. The molecule has 0 amide bonds. The van der Waals surface area contributed by atoms with Crippen molar-refractivity contribution in [3.05, 3.63) is 50.9 Å². The van der Waals surface area contributed by atoms with Crippen LogP contribution in [0.15, 0.2) is 30.5 Å². The van der Waals surface area contributed by atoms with E-state index in [0.29, 0.717) is 12.1 Å². The van der Waals surface area contributed by atoms with Gasteiger partial charge in [-0.25, -0.2) is 4.98 Å². The number of thiazole rings is 1. The van der Waals surface area contributed by atoms with E-state index in [-0.39, 0.29) is 0 Å². The summed E-state index contributed by atoms with van der Waals surface area (Å²) in [5.41, 5.74) is 1.30. The van der Waals surface area contributed by atoms with Gasteiger partial charge in [-0.3, -0.25) is 0 Å². The maximum absolute atomic E-state index is 5.89. The van der Waals surface area contributed by atoms with E-state index in [1.54, 1.807) is 11.3 Å². The molecule has 1 heterocycles. The first-order chi connectivity index (χ1) is 9.04. The predicted octanol–water partition coefficient (Wildman–Crippen LogP) is 4.39. The van der Waals surface area contributed by atoms with E-state index in [4.69, 9.17) is 11.6 Å². The van der Waals surface area contributed by atoms with Gasteiger partial charge in [-0.1, -0.05) is 23.7 Å². The average molecular weight is 295 g/mol. The zero-order chi connectivity index (χ0) is 13.8. The second-order valence-electron chi connectivity index (χ2n) is 4.93. The van der Waals surface area contributed by atoms with E-state index in [1.807, 2.05) is 18.3 Å². The van der Waals surface area contributed by atoms with Crippen molar-refractivity contribution in [3.8, 4) is 0 Å². The number of hydrogen-bond acceptors (Lipinski definition) is 3. The van der Waals surface area contributed by atoms with Crippen molar-refractivity contribution in [1.29, 1.82) is 0 Å². The van der Waals surface area contributed by atoms with Crippen LogP contribution >= 0.6 is 22.9 Å². The molecule has 0 saturated heterocycles. The van der Waals surface area contributed by atoms with E-state index in [9.17, 15) is 0 Å². The Labute approximate surface area is 123 Å². The van der Waals surface area contributed by atoms with Gasteiger partial charge < -0.3 is 5.32 Å². The summed E-state index contributed by atoms with van der Waals surface area (Å²) in [6.45, 7) is 6.45. The lowest BCUT2D eigenvalue weighted by atomic mass is 10.1. The fourth-order valence-electron chi connectivity index (χ4n) is 2.10. The van der Waals surface area contributed by atoms with E-state index in [1.165, 1.54) is 10.4 Å². The third kappa shape index (κ3) is 4.30. The van der Waals surface area contributed by atoms with Gasteiger partial charge in [0.2, 0.25) is 0 Å². The number of benzene rings is 1. The lowest BCUT2D eigenvalue weighted by molar-refractivity contribution is 0.476. The maximum atomic E-state index is 5.89. The second-order valence-corrected chi connectivity index (χ2v) is 6.63. The lowest BCUT2D eigenvalue weighted by Crippen LogP contribution is -2.30. The van der Waals surface area contributed by atoms with Crippen LogP contribution in [-0.2, 0) is 6.42 Å². The third-order valence-corrected chi connectivity index (χ3v) is 4.35. The summed E-state index contributed by atoms with van der Waals surface area (Å²) < 4.78 is 0. The summed E-state index contributed by atoms with van der Waals surface area (Å²) in [5, 5.41) is 5.53. The van der Waals surface area contributed by atoms with Crippen LogP contribution in [0.1, 0.15) is 35.3 Å². The Morgan fingerprint density at radius 1 is 1.26 bits per heavy atom. The zero-order valence-corrected chi connectivity index (χ0v) is 13.1. The van der Waals surface area contributed by atoms with Crippen molar-refractivity contribution in [1.82, 2.24) is 10.3 Å². The highest BCUT2D eigenvalue weighted by Crippen LogP contribution is 2.20. The first kappa shape index (κ1) is 14.5. The summed E-state index contributed by atoms with van der Waals surface area (Å²) in [7, 11) is 0. The molecule has 1 N–H and O–H groups in total. The Morgan fingerprint density at radius 2 is 1.95 bits per heavy atom. The predicted molar refractivity (Wildman–Crippen MR) is 83.0 cm³/mol. The number of nitrogens with one attached hydrogen (secondary N) is 1. The van der Waals surface area contributed by atoms with Gasteiger partial charge in [-0.15, -0.1) is 11.3 Å². The van der Waals surface area contributed by atoms with Crippen molar-refractivity contribution < 1.29 is 0 Å². The molecule has 0 aliphatic heterocycles. The molecular weight excluding hydrogens is 276 g/mol. The number of halogens is 1. The van der Waals surface area contributed by atoms with Crippen LogP contribution in [0, 0.1) is 6.92 Å². The highest BCUT2D eigenvalue weighted by Gasteiger charge is 2.12. The van der Waals surface area contributed by atoms with Crippen LogP contribution in [0.25, 0.3) is 0 Å². The molecule has 2 nitrogen and oxygen atoms in total. The number of aromatic nitrogens is 1. The van der Waals surface area contributed by atoms with Gasteiger partial charge in [-0.05, 0) is 44.9 Å². The molecular formula is C15H19ClN2S. The first-order valence-corrected chi connectivity index (χ1v) is 7.67. The first-order valence-electron chi connectivity index (χ1n) is 6.47. The molecule has 2 unspecified atom stereocenters. The van der Waals surface area contributed by atoms with Gasteiger partial charge in [0.05, 0.1) is 6.04 Å². The summed E-state index contributed by atoms with van der Waals surface area (Å²) in [5.74, 6) is 0. The minimum atomic E-state index is 0.293. The van der Waals surface area contributed by atoms with Crippen LogP contribution in [0.3, 0.4) is 0 Å². The number of rotatable bonds is 5. The van der Waals surface area contributed by atoms with E-state index >= 15 is 0 Å². The highest BCUT2D eigenvalue weighted by molar-refractivity contribution is 7.11. The van der Waals surface area contributed by atoms with Gasteiger partial charge in [0, 0.05) is 22.1 Å². The quantitative estimate of drug-likeness (QED) is 0.885. The molecule has 0 fully saturated rings. The van der Waals surface area contributed by atoms with Gasteiger partial charge in [0.1, 0.15) is 5.01 Å². The Kier molecular flexibility index (Phi) is 4.97. The minimum Gasteiger partial charge on any atom is -0.305 e. The molecule has 19 heavy (non-hydrogen) atoms. The normalized spacial score (nSPS) is 14.3. The molecule has 2 rings (SSSR count). The molecule has 0 spiro atoms. The molecule has 0 aliphatic rings.